The summed E-state index contributed by atoms with van der Waals surface area (Å²) in [5.74, 6) is 0. The normalized spacial score (nSPS) is 26.5. The summed E-state index contributed by atoms with van der Waals surface area (Å²) in [6.07, 6.45) is 3.56. The van der Waals surface area contributed by atoms with Gasteiger partial charge in [0.2, 0.25) is 0 Å². The van der Waals surface area contributed by atoms with Crippen LogP contribution in [-0.4, -0.2) is 53.7 Å². The monoisotopic (exact) mass is 240 g/mol. The summed E-state index contributed by atoms with van der Waals surface area (Å²) < 4.78 is 5.40. The van der Waals surface area contributed by atoms with Crippen LogP contribution >= 0.6 is 0 Å². The van der Waals surface area contributed by atoms with E-state index < -0.39 is 0 Å². The molecule has 0 radical (unpaired) electrons. The molecule has 2 heterocycles. The molecular weight excluding hydrogens is 216 g/mol. The molecule has 0 aliphatic carbocycles. The van der Waals surface area contributed by atoms with Gasteiger partial charge in [0.15, 0.2) is 0 Å². The Kier molecular flexibility index (Phi) is 3.61. The molecule has 1 amide bonds. The van der Waals surface area contributed by atoms with Gasteiger partial charge in [0.05, 0.1) is 0 Å². The highest BCUT2D eigenvalue weighted by molar-refractivity contribution is 5.68. The standard InChI is InChI=1S/C13H24N2O2/c1-13(2,3)17-12(16)15-9-6-11(10-15)14-7-4-5-8-14/h11H,4-10H2,1-3H3/t11-/m1/s1. The Hall–Kier alpha value is -0.770. The van der Waals surface area contributed by atoms with Gasteiger partial charge in [-0.15, -0.1) is 0 Å². The van der Waals surface area contributed by atoms with Crippen molar-refractivity contribution in [2.75, 3.05) is 26.2 Å². The van der Waals surface area contributed by atoms with E-state index in [2.05, 4.69) is 4.90 Å². The maximum absolute atomic E-state index is 11.9. The molecule has 0 spiro atoms. The molecule has 0 N–H and O–H groups in total. The lowest BCUT2D eigenvalue weighted by molar-refractivity contribution is 0.0282. The van der Waals surface area contributed by atoms with E-state index in [-0.39, 0.29) is 11.7 Å². The summed E-state index contributed by atoms with van der Waals surface area (Å²) >= 11 is 0. The summed E-state index contributed by atoms with van der Waals surface area (Å²) in [5, 5.41) is 0. The topological polar surface area (TPSA) is 32.8 Å². The highest BCUT2D eigenvalue weighted by Crippen LogP contribution is 2.22. The van der Waals surface area contributed by atoms with Crippen LogP contribution in [0.3, 0.4) is 0 Å². The Labute approximate surface area is 104 Å². The molecule has 4 nitrogen and oxygen atoms in total. The first-order chi connectivity index (χ1) is 7.96. The third kappa shape index (κ3) is 3.35. The number of rotatable bonds is 1. The van der Waals surface area contributed by atoms with Crippen molar-refractivity contribution >= 4 is 6.09 Å². The second kappa shape index (κ2) is 4.84. The van der Waals surface area contributed by atoms with E-state index in [4.69, 9.17) is 4.74 Å². The highest BCUT2D eigenvalue weighted by atomic mass is 16.6. The zero-order valence-electron chi connectivity index (χ0n) is 11.2. The smallest absolute Gasteiger partial charge is 0.410 e. The van der Waals surface area contributed by atoms with Crippen LogP contribution in [0.2, 0.25) is 0 Å². The molecule has 2 rings (SSSR count). The molecule has 4 heteroatoms. The quantitative estimate of drug-likeness (QED) is 0.703. The fourth-order valence-corrected chi connectivity index (χ4v) is 2.64. The zero-order chi connectivity index (χ0) is 12.5. The maximum Gasteiger partial charge on any atom is 0.410 e. The second-order valence-electron chi connectivity index (χ2n) is 6.11. The predicted octanol–water partition coefficient (Wildman–Crippen LogP) is 2.09. The average molecular weight is 240 g/mol. The molecule has 0 bridgehead atoms. The SMILES string of the molecule is CC(C)(C)OC(=O)N1CC[C@@H](N2CCCC2)C1. The van der Waals surface area contributed by atoms with Gasteiger partial charge in [-0.3, -0.25) is 4.90 Å². The van der Waals surface area contributed by atoms with Crippen molar-refractivity contribution < 1.29 is 9.53 Å². The maximum atomic E-state index is 11.9. The molecule has 0 saturated carbocycles. The lowest BCUT2D eigenvalue weighted by Crippen LogP contribution is -2.39. The van der Waals surface area contributed by atoms with Gasteiger partial charge in [-0.25, -0.2) is 4.79 Å². The lowest BCUT2D eigenvalue weighted by atomic mass is 10.2. The van der Waals surface area contributed by atoms with Crippen molar-refractivity contribution in [3.63, 3.8) is 0 Å². The van der Waals surface area contributed by atoms with Gasteiger partial charge in [0.25, 0.3) is 0 Å². The Morgan fingerprint density at radius 3 is 2.41 bits per heavy atom. The van der Waals surface area contributed by atoms with Crippen molar-refractivity contribution in [3.05, 3.63) is 0 Å². The summed E-state index contributed by atoms with van der Waals surface area (Å²) in [6, 6.07) is 0.560. The second-order valence-corrected chi connectivity index (χ2v) is 6.11. The molecule has 2 saturated heterocycles. The van der Waals surface area contributed by atoms with Gasteiger partial charge < -0.3 is 9.64 Å². The minimum atomic E-state index is -0.386. The molecule has 2 aliphatic rings. The summed E-state index contributed by atoms with van der Waals surface area (Å²) in [7, 11) is 0. The number of likely N-dealkylation sites (tertiary alicyclic amines) is 2. The fraction of sp³-hybridized carbons (Fsp3) is 0.923. The number of amides is 1. The number of carbonyl (C=O) groups is 1. The summed E-state index contributed by atoms with van der Waals surface area (Å²) in [6.45, 7) is 9.83. The van der Waals surface area contributed by atoms with E-state index in [1.165, 1.54) is 25.9 Å². The van der Waals surface area contributed by atoms with Crippen LogP contribution < -0.4 is 0 Å². The number of ether oxygens (including phenoxy) is 1. The number of carbonyl (C=O) groups excluding carboxylic acids is 1. The van der Waals surface area contributed by atoms with Crippen LogP contribution in [0.5, 0.6) is 0 Å². The zero-order valence-corrected chi connectivity index (χ0v) is 11.2. The van der Waals surface area contributed by atoms with E-state index in [1.807, 2.05) is 25.7 Å². The predicted molar refractivity (Wildman–Crippen MR) is 67.0 cm³/mol. The number of hydrogen-bond acceptors (Lipinski definition) is 3. The number of hydrogen-bond donors (Lipinski definition) is 0. The Morgan fingerprint density at radius 1 is 1.18 bits per heavy atom. The van der Waals surface area contributed by atoms with E-state index >= 15 is 0 Å². The number of nitrogens with zero attached hydrogens (tertiary/aromatic N) is 2. The summed E-state index contributed by atoms with van der Waals surface area (Å²) in [4.78, 5) is 16.3. The Bertz CT molecular complexity index is 280. The van der Waals surface area contributed by atoms with Crippen molar-refractivity contribution in [1.82, 2.24) is 9.80 Å². The van der Waals surface area contributed by atoms with Crippen LogP contribution in [0.25, 0.3) is 0 Å². The molecule has 2 aliphatic heterocycles. The highest BCUT2D eigenvalue weighted by Gasteiger charge is 2.33. The molecule has 17 heavy (non-hydrogen) atoms. The molecule has 0 unspecified atom stereocenters. The minimum absolute atomic E-state index is 0.154. The minimum Gasteiger partial charge on any atom is -0.444 e. The summed E-state index contributed by atoms with van der Waals surface area (Å²) in [5.41, 5.74) is -0.386. The van der Waals surface area contributed by atoms with Crippen molar-refractivity contribution in [2.45, 2.75) is 51.7 Å². The van der Waals surface area contributed by atoms with E-state index in [9.17, 15) is 4.79 Å². The van der Waals surface area contributed by atoms with Crippen LogP contribution in [0.4, 0.5) is 4.79 Å². The average Bonchev–Trinajstić information content (AvgIpc) is 2.86. The van der Waals surface area contributed by atoms with Gasteiger partial charge in [-0.2, -0.15) is 0 Å². The van der Waals surface area contributed by atoms with Crippen LogP contribution in [0, 0.1) is 0 Å². The van der Waals surface area contributed by atoms with Gasteiger partial charge in [-0.1, -0.05) is 0 Å². The lowest BCUT2D eigenvalue weighted by Gasteiger charge is -2.26. The Balaban J connectivity index is 1.82. The van der Waals surface area contributed by atoms with Gasteiger partial charge in [-0.05, 0) is 53.1 Å². The van der Waals surface area contributed by atoms with Gasteiger partial charge in [0.1, 0.15) is 5.60 Å². The van der Waals surface area contributed by atoms with Crippen LogP contribution in [0.1, 0.15) is 40.0 Å². The molecule has 98 valence electrons. The first-order valence-corrected chi connectivity index (χ1v) is 6.68. The third-order valence-electron chi connectivity index (χ3n) is 3.47. The molecular formula is C13H24N2O2. The van der Waals surface area contributed by atoms with E-state index in [1.54, 1.807) is 0 Å². The molecule has 2 fully saturated rings. The van der Waals surface area contributed by atoms with Crippen molar-refractivity contribution in [3.8, 4) is 0 Å². The van der Waals surface area contributed by atoms with Crippen molar-refractivity contribution in [1.29, 1.82) is 0 Å². The first kappa shape index (κ1) is 12.7. The molecule has 1 atom stereocenters. The molecule has 0 aromatic carbocycles. The Morgan fingerprint density at radius 2 is 1.82 bits per heavy atom. The van der Waals surface area contributed by atoms with E-state index in [0.29, 0.717) is 6.04 Å². The largest absolute Gasteiger partial charge is 0.444 e. The van der Waals surface area contributed by atoms with Gasteiger partial charge in [0, 0.05) is 19.1 Å². The first-order valence-electron chi connectivity index (χ1n) is 6.68. The third-order valence-corrected chi connectivity index (χ3v) is 3.47. The fourth-order valence-electron chi connectivity index (χ4n) is 2.64. The van der Waals surface area contributed by atoms with Crippen molar-refractivity contribution in [2.24, 2.45) is 0 Å². The molecule has 0 aromatic rings. The van der Waals surface area contributed by atoms with Gasteiger partial charge >= 0.3 is 6.09 Å². The van der Waals surface area contributed by atoms with Crippen LogP contribution in [0.15, 0.2) is 0 Å². The van der Waals surface area contributed by atoms with Crippen LogP contribution in [-0.2, 0) is 4.74 Å². The van der Waals surface area contributed by atoms with E-state index in [0.717, 1.165) is 19.5 Å². The molecule has 0 aromatic heterocycles.